The summed E-state index contributed by atoms with van der Waals surface area (Å²) in [6.07, 6.45) is 1.83. The molecular formula is C26H30N6O3. The molecule has 0 atom stereocenters. The van der Waals surface area contributed by atoms with Crippen LogP contribution in [0.25, 0.3) is 28.1 Å². The number of amides is 1. The Hall–Kier alpha value is -4.14. The van der Waals surface area contributed by atoms with Crippen molar-refractivity contribution in [2.45, 2.75) is 40.2 Å². The van der Waals surface area contributed by atoms with Crippen molar-refractivity contribution in [1.82, 2.24) is 25.1 Å². The molecule has 2 aromatic carbocycles. The van der Waals surface area contributed by atoms with Crippen molar-refractivity contribution in [2.75, 3.05) is 18.9 Å². The molecule has 0 spiro atoms. The molecule has 2 heterocycles. The number of anilines is 1. The Morgan fingerprint density at radius 2 is 1.86 bits per heavy atom. The van der Waals surface area contributed by atoms with E-state index < -0.39 is 0 Å². The maximum absolute atomic E-state index is 12.1. The van der Waals surface area contributed by atoms with E-state index >= 15 is 0 Å². The molecule has 0 radical (unpaired) electrons. The summed E-state index contributed by atoms with van der Waals surface area (Å²) in [7, 11) is 0. The molecule has 0 fully saturated rings. The zero-order valence-corrected chi connectivity index (χ0v) is 20.6. The molecule has 0 aliphatic carbocycles. The van der Waals surface area contributed by atoms with Gasteiger partial charge in [-0.15, -0.1) is 5.10 Å². The molecular weight excluding hydrogens is 444 g/mol. The van der Waals surface area contributed by atoms with Crippen LogP contribution >= 0.6 is 0 Å². The van der Waals surface area contributed by atoms with Crippen molar-refractivity contribution in [3.05, 3.63) is 54.2 Å². The van der Waals surface area contributed by atoms with Crippen LogP contribution in [-0.2, 0) is 4.79 Å². The van der Waals surface area contributed by atoms with Gasteiger partial charge in [-0.05, 0) is 65.0 Å². The Morgan fingerprint density at radius 1 is 1.09 bits per heavy atom. The van der Waals surface area contributed by atoms with Crippen LogP contribution in [0, 0.1) is 6.92 Å². The topological polar surface area (TPSA) is 117 Å². The maximum atomic E-state index is 12.1. The third-order valence-corrected chi connectivity index (χ3v) is 5.09. The van der Waals surface area contributed by atoms with E-state index in [-0.39, 0.29) is 18.1 Å². The standard InChI is InChI=1S/C26H30N6O3/c1-6-34-19-10-11-21-20(13-19)25(32-14-16(2)23(27)31-32)29-24(28-21)17-8-7-9-18(12-17)35-15-22(33)30-26(3,4)5/h7-14H,6,15H2,1-5H3,(H2,27,31)(H,30,33). The van der Waals surface area contributed by atoms with Crippen LogP contribution in [0.15, 0.2) is 48.7 Å². The van der Waals surface area contributed by atoms with Crippen LogP contribution in [0.4, 0.5) is 5.82 Å². The van der Waals surface area contributed by atoms with Gasteiger partial charge in [0, 0.05) is 28.2 Å². The second-order valence-corrected chi connectivity index (χ2v) is 9.24. The normalized spacial score (nSPS) is 11.5. The molecule has 35 heavy (non-hydrogen) atoms. The first kappa shape index (κ1) is 24.0. The first-order valence-corrected chi connectivity index (χ1v) is 11.4. The van der Waals surface area contributed by atoms with E-state index in [1.54, 1.807) is 10.7 Å². The number of benzene rings is 2. The zero-order chi connectivity index (χ0) is 25.2. The number of nitrogens with one attached hydrogen (secondary N) is 1. The lowest BCUT2D eigenvalue weighted by atomic mass is 10.1. The maximum Gasteiger partial charge on any atom is 0.258 e. The molecule has 0 saturated carbocycles. The van der Waals surface area contributed by atoms with Crippen molar-refractivity contribution in [2.24, 2.45) is 0 Å². The van der Waals surface area contributed by atoms with Crippen LogP contribution in [0.3, 0.4) is 0 Å². The molecule has 9 heteroatoms. The predicted octanol–water partition coefficient (Wildman–Crippen LogP) is 4.07. The summed E-state index contributed by atoms with van der Waals surface area (Å²) in [6.45, 7) is 10.1. The lowest BCUT2D eigenvalue weighted by Crippen LogP contribution is -2.43. The van der Waals surface area contributed by atoms with Crippen molar-refractivity contribution < 1.29 is 14.3 Å². The predicted molar refractivity (Wildman–Crippen MR) is 136 cm³/mol. The summed E-state index contributed by atoms with van der Waals surface area (Å²) in [5, 5.41) is 8.10. The van der Waals surface area contributed by atoms with Gasteiger partial charge >= 0.3 is 0 Å². The summed E-state index contributed by atoms with van der Waals surface area (Å²) in [5.41, 5.74) is 8.02. The van der Waals surface area contributed by atoms with Gasteiger partial charge in [0.25, 0.3) is 5.91 Å². The van der Waals surface area contributed by atoms with E-state index in [0.717, 1.165) is 27.8 Å². The number of rotatable bonds is 7. The number of fused-ring (bicyclic) bond motifs is 1. The summed E-state index contributed by atoms with van der Waals surface area (Å²) >= 11 is 0. The molecule has 9 nitrogen and oxygen atoms in total. The highest BCUT2D eigenvalue weighted by atomic mass is 16.5. The number of hydrogen-bond acceptors (Lipinski definition) is 7. The lowest BCUT2D eigenvalue weighted by Gasteiger charge is -2.20. The molecule has 0 aliphatic rings. The summed E-state index contributed by atoms with van der Waals surface area (Å²) in [4.78, 5) is 21.7. The van der Waals surface area contributed by atoms with E-state index in [9.17, 15) is 4.79 Å². The Balaban J connectivity index is 1.72. The van der Waals surface area contributed by atoms with E-state index in [1.807, 2.05) is 77.2 Å². The fourth-order valence-corrected chi connectivity index (χ4v) is 3.56. The fourth-order valence-electron chi connectivity index (χ4n) is 3.56. The Bertz CT molecular complexity index is 1350. The molecule has 0 aliphatic heterocycles. The van der Waals surface area contributed by atoms with Gasteiger partial charge in [-0.2, -0.15) is 0 Å². The van der Waals surface area contributed by atoms with Gasteiger partial charge in [-0.3, -0.25) is 4.79 Å². The van der Waals surface area contributed by atoms with Crippen molar-refractivity contribution in [3.8, 4) is 28.7 Å². The Labute approximate surface area is 204 Å². The zero-order valence-electron chi connectivity index (χ0n) is 20.6. The largest absolute Gasteiger partial charge is 0.494 e. The second kappa shape index (κ2) is 9.61. The number of hydrogen-bond donors (Lipinski definition) is 2. The fraction of sp³-hybridized carbons (Fsp3) is 0.308. The summed E-state index contributed by atoms with van der Waals surface area (Å²) < 4.78 is 13.1. The van der Waals surface area contributed by atoms with Crippen LogP contribution in [-0.4, -0.2) is 44.4 Å². The number of nitrogens with two attached hydrogens (primary N) is 1. The molecule has 0 unspecified atom stereocenters. The van der Waals surface area contributed by atoms with Gasteiger partial charge < -0.3 is 20.5 Å². The summed E-state index contributed by atoms with van der Waals surface area (Å²) in [5.74, 6) is 2.59. The third-order valence-electron chi connectivity index (χ3n) is 5.09. The summed E-state index contributed by atoms with van der Waals surface area (Å²) in [6, 6.07) is 13.0. The Kier molecular flexibility index (Phi) is 6.59. The minimum atomic E-state index is -0.325. The molecule has 2 aromatic heterocycles. The number of nitrogen functional groups attached to an aromatic ring is 1. The lowest BCUT2D eigenvalue weighted by molar-refractivity contribution is -0.124. The number of aromatic nitrogens is 4. The molecule has 0 saturated heterocycles. The second-order valence-electron chi connectivity index (χ2n) is 9.24. The minimum absolute atomic E-state index is 0.0867. The van der Waals surface area contributed by atoms with E-state index in [2.05, 4.69) is 10.4 Å². The van der Waals surface area contributed by atoms with Crippen LogP contribution < -0.4 is 20.5 Å². The smallest absolute Gasteiger partial charge is 0.258 e. The highest BCUT2D eigenvalue weighted by Gasteiger charge is 2.16. The van der Waals surface area contributed by atoms with Crippen LogP contribution in [0.2, 0.25) is 0 Å². The van der Waals surface area contributed by atoms with E-state index in [4.69, 9.17) is 25.2 Å². The van der Waals surface area contributed by atoms with Crippen molar-refractivity contribution in [1.29, 1.82) is 0 Å². The number of carbonyl (C=O) groups excluding carboxylic acids is 1. The molecule has 3 N–H and O–H groups in total. The average Bonchev–Trinajstić information content (AvgIpc) is 3.14. The number of nitrogens with zero attached hydrogens (tertiary/aromatic N) is 4. The van der Waals surface area contributed by atoms with Gasteiger partial charge in [0.05, 0.1) is 12.1 Å². The van der Waals surface area contributed by atoms with Crippen LogP contribution in [0.1, 0.15) is 33.3 Å². The molecule has 182 valence electrons. The van der Waals surface area contributed by atoms with E-state index in [0.29, 0.717) is 29.8 Å². The first-order chi connectivity index (χ1) is 16.6. The monoisotopic (exact) mass is 474 g/mol. The van der Waals surface area contributed by atoms with Gasteiger partial charge in [0.1, 0.15) is 17.3 Å². The molecule has 1 amide bonds. The van der Waals surface area contributed by atoms with Gasteiger partial charge in [0.2, 0.25) is 0 Å². The highest BCUT2D eigenvalue weighted by molar-refractivity contribution is 5.88. The molecule has 0 bridgehead atoms. The van der Waals surface area contributed by atoms with Gasteiger partial charge in [-0.25, -0.2) is 14.6 Å². The number of aryl methyl sites for hydroxylation is 1. The average molecular weight is 475 g/mol. The third kappa shape index (κ3) is 5.68. The first-order valence-electron chi connectivity index (χ1n) is 11.4. The van der Waals surface area contributed by atoms with Crippen molar-refractivity contribution >= 4 is 22.6 Å². The minimum Gasteiger partial charge on any atom is -0.494 e. The van der Waals surface area contributed by atoms with E-state index in [1.165, 1.54) is 0 Å². The highest BCUT2D eigenvalue weighted by Crippen LogP contribution is 2.29. The SMILES string of the molecule is CCOc1ccc2nc(-c3cccc(OCC(=O)NC(C)(C)C)c3)nc(-n3cc(C)c(N)n3)c2c1. The van der Waals surface area contributed by atoms with Crippen LogP contribution in [0.5, 0.6) is 11.5 Å². The Morgan fingerprint density at radius 3 is 2.54 bits per heavy atom. The van der Waals surface area contributed by atoms with Gasteiger partial charge in [-0.1, -0.05) is 12.1 Å². The molecule has 4 aromatic rings. The quantitative estimate of drug-likeness (QED) is 0.415. The van der Waals surface area contributed by atoms with Gasteiger partial charge in [0.15, 0.2) is 18.2 Å². The molecule has 4 rings (SSSR count). The van der Waals surface area contributed by atoms with Crippen molar-refractivity contribution in [3.63, 3.8) is 0 Å². The number of ether oxygens (including phenoxy) is 2. The number of carbonyl (C=O) groups is 1.